The minimum atomic E-state index is -0.253. The van der Waals surface area contributed by atoms with E-state index in [-0.39, 0.29) is 18.0 Å². The number of hydrogen-bond acceptors (Lipinski definition) is 5. The number of benzene rings is 2. The zero-order chi connectivity index (χ0) is 20.6. The van der Waals surface area contributed by atoms with Crippen LogP contribution in [0.15, 0.2) is 54.6 Å². The molecule has 2 aromatic rings. The van der Waals surface area contributed by atoms with Crippen molar-refractivity contribution in [2.24, 2.45) is 5.92 Å². The van der Waals surface area contributed by atoms with Gasteiger partial charge in [-0.15, -0.1) is 0 Å². The summed E-state index contributed by atoms with van der Waals surface area (Å²) in [5.74, 6) is 1.27. The second-order valence-electron chi connectivity index (χ2n) is 8.39. The zero-order valence-corrected chi connectivity index (χ0v) is 17.5. The molecule has 2 unspecified atom stereocenters. The Kier molecular flexibility index (Phi) is 5.37. The third-order valence-electron chi connectivity index (χ3n) is 6.46. The summed E-state index contributed by atoms with van der Waals surface area (Å²) in [4.78, 5) is 0. The van der Waals surface area contributed by atoms with Gasteiger partial charge in [0.2, 0.25) is 0 Å². The molecule has 0 N–H and O–H groups in total. The molecule has 0 saturated carbocycles. The zero-order valence-electron chi connectivity index (χ0n) is 17.5. The Labute approximate surface area is 177 Å². The predicted molar refractivity (Wildman–Crippen MR) is 113 cm³/mol. The van der Waals surface area contributed by atoms with Crippen LogP contribution in [-0.4, -0.2) is 33.0 Å². The molecule has 0 spiro atoms. The van der Waals surface area contributed by atoms with Crippen LogP contribution in [0.4, 0.5) is 0 Å². The monoisotopic (exact) mass is 408 g/mol. The summed E-state index contributed by atoms with van der Waals surface area (Å²) in [5, 5.41) is 0. The number of hydrogen-bond donors (Lipinski definition) is 0. The fourth-order valence-corrected chi connectivity index (χ4v) is 4.28. The van der Waals surface area contributed by atoms with Gasteiger partial charge in [-0.25, -0.2) is 0 Å². The van der Waals surface area contributed by atoms with Crippen LogP contribution < -0.4 is 0 Å². The highest BCUT2D eigenvalue weighted by atomic mass is 16.7. The highest BCUT2D eigenvalue weighted by molar-refractivity contribution is 5.63. The Morgan fingerprint density at radius 2 is 1.23 bits per heavy atom. The molecule has 0 bridgehead atoms. The van der Waals surface area contributed by atoms with Crippen molar-refractivity contribution in [3.8, 4) is 0 Å². The van der Waals surface area contributed by atoms with E-state index in [1.54, 1.807) is 0 Å². The largest absolute Gasteiger partial charge is 0.493 e. The van der Waals surface area contributed by atoms with Crippen LogP contribution in [0.25, 0.3) is 5.76 Å². The molecular formula is C25H28O5. The molecule has 2 saturated heterocycles. The van der Waals surface area contributed by atoms with Gasteiger partial charge in [-0.3, -0.25) is 0 Å². The standard InChI is InChI=1S/C25H28O5/c1-17-16-30-22(18-3-5-19(6-4-18)23-26-11-12-27-23)15-25(17,2)21-9-7-20(8-10-21)24-28-13-14-29-24/h3-10,15,17,23-24H,11-14,16H2,1-2H3. The molecule has 3 aliphatic heterocycles. The third kappa shape index (κ3) is 3.67. The van der Waals surface area contributed by atoms with E-state index in [0.717, 1.165) is 22.4 Å². The van der Waals surface area contributed by atoms with Crippen molar-refractivity contribution in [3.05, 3.63) is 76.9 Å². The summed E-state index contributed by atoms with van der Waals surface area (Å²) in [6.45, 7) is 7.80. The van der Waals surface area contributed by atoms with E-state index in [1.807, 2.05) is 0 Å². The summed E-state index contributed by atoms with van der Waals surface area (Å²) in [6, 6.07) is 16.9. The SMILES string of the molecule is CC1COC(c2ccc(C3OCCO3)cc2)=CC1(C)c1ccc(C2OCCO2)cc1. The third-order valence-corrected chi connectivity index (χ3v) is 6.46. The van der Waals surface area contributed by atoms with Crippen molar-refractivity contribution < 1.29 is 23.7 Å². The predicted octanol–water partition coefficient (Wildman–Crippen LogP) is 4.74. The van der Waals surface area contributed by atoms with Gasteiger partial charge in [0.05, 0.1) is 33.0 Å². The smallest absolute Gasteiger partial charge is 0.184 e. The summed E-state index contributed by atoms with van der Waals surface area (Å²) in [6.07, 6.45) is 1.77. The minimum absolute atomic E-state index is 0.125. The average Bonchev–Trinajstić information content (AvgIpc) is 3.51. The minimum Gasteiger partial charge on any atom is -0.493 e. The van der Waals surface area contributed by atoms with E-state index in [4.69, 9.17) is 23.7 Å². The topological polar surface area (TPSA) is 46.2 Å². The lowest BCUT2D eigenvalue weighted by Crippen LogP contribution is -2.35. The first-order chi connectivity index (χ1) is 14.6. The Hall–Kier alpha value is -2.18. The second kappa shape index (κ2) is 8.16. The van der Waals surface area contributed by atoms with Crippen LogP contribution in [0.2, 0.25) is 0 Å². The molecule has 5 rings (SSSR count). The van der Waals surface area contributed by atoms with Gasteiger partial charge in [-0.2, -0.15) is 0 Å². The quantitative estimate of drug-likeness (QED) is 0.731. The maximum absolute atomic E-state index is 6.12. The summed E-state index contributed by atoms with van der Waals surface area (Å²) in [5.41, 5.74) is 4.31. The molecule has 2 aromatic carbocycles. The Bertz CT molecular complexity index is 892. The first kappa shape index (κ1) is 19.8. The lowest BCUT2D eigenvalue weighted by atomic mass is 9.71. The van der Waals surface area contributed by atoms with E-state index in [9.17, 15) is 0 Å². The van der Waals surface area contributed by atoms with Gasteiger partial charge in [-0.05, 0) is 11.6 Å². The normalized spacial score (nSPS) is 27.8. The summed E-state index contributed by atoms with van der Waals surface area (Å²) < 4.78 is 28.5. The van der Waals surface area contributed by atoms with Crippen LogP contribution in [-0.2, 0) is 29.1 Å². The molecule has 3 aliphatic rings. The number of ether oxygens (including phenoxy) is 5. The van der Waals surface area contributed by atoms with Gasteiger partial charge < -0.3 is 23.7 Å². The van der Waals surface area contributed by atoms with E-state index >= 15 is 0 Å². The maximum Gasteiger partial charge on any atom is 0.184 e. The molecular weight excluding hydrogens is 380 g/mol. The average molecular weight is 408 g/mol. The summed E-state index contributed by atoms with van der Waals surface area (Å²) in [7, 11) is 0. The fourth-order valence-electron chi connectivity index (χ4n) is 4.28. The van der Waals surface area contributed by atoms with Crippen molar-refractivity contribution in [3.63, 3.8) is 0 Å². The van der Waals surface area contributed by atoms with Gasteiger partial charge in [0.15, 0.2) is 12.6 Å². The highest BCUT2D eigenvalue weighted by Gasteiger charge is 2.36. The number of allylic oxidation sites excluding steroid dienone is 1. The van der Waals surface area contributed by atoms with Crippen LogP contribution in [0.5, 0.6) is 0 Å². The van der Waals surface area contributed by atoms with E-state index < -0.39 is 0 Å². The van der Waals surface area contributed by atoms with Crippen molar-refractivity contribution in [1.29, 1.82) is 0 Å². The van der Waals surface area contributed by atoms with Crippen molar-refractivity contribution in [2.75, 3.05) is 33.0 Å². The lowest BCUT2D eigenvalue weighted by molar-refractivity contribution is -0.0443. The Morgan fingerprint density at radius 1 is 0.733 bits per heavy atom. The molecule has 2 atom stereocenters. The van der Waals surface area contributed by atoms with Crippen LogP contribution in [0.1, 0.15) is 48.7 Å². The molecule has 0 radical (unpaired) electrons. The molecule has 2 fully saturated rings. The van der Waals surface area contributed by atoms with Gasteiger partial charge in [0.1, 0.15) is 5.76 Å². The van der Waals surface area contributed by atoms with Gasteiger partial charge in [0.25, 0.3) is 0 Å². The van der Waals surface area contributed by atoms with Crippen molar-refractivity contribution in [2.45, 2.75) is 31.8 Å². The Morgan fingerprint density at radius 3 is 1.77 bits per heavy atom. The molecule has 5 nitrogen and oxygen atoms in total. The van der Waals surface area contributed by atoms with Crippen LogP contribution in [0.3, 0.4) is 0 Å². The molecule has 3 heterocycles. The Balaban J connectivity index is 1.40. The first-order valence-corrected chi connectivity index (χ1v) is 10.7. The van der Waals surface area contributed by atoms with Gasteiger partial charge >= 0.3 is 0 Å². The molecule has 30 heavy (non-hydrogen) atoms. The fraction of sp³-hybridized carbons (Fsp3) is 0.440. The maximum atomic E-state index is 6.12. The summed E-state index contributed by atoms with van der Waals surface area (Å²) >= 11 is 0. The molecule has 5 heteroatoms. The molecule has 0 aromatic heterocycles. The van der Waals surface area contributed by atoms with Gasteiger partial charge in [-0.1, -0.05) is 62.4 Å². The van der Waals surface area contributed by atoms with Crippen LogP contribution >= 0.6 is 0 Å². The van der Waals surface area contributed by atoms with Gasteiger partial charge in [0, 0.05) is 28.0 Å². The van der Waals surface area contributed by atoms with Crippen molar-refractivity contribution >= 4 is 5.76 Å². The second-order valence-corrected chi connectivity index (χ2v) is 8.39. The van der Waals surface area contributed by atoms with Crippen LogP contribution in [0, 0.1) is 5.92 Å². The molecule has 158 valence electrons. The van der Waals surface area contributed by atoms with E-state index in [0.29, 0.717) is 39.0 Å². The number of rotatable bonds is 4. The van der Waals surface area contributed by atoms with Crippen molar-refractivity contribution in [1.82, 2.24) is 0 Å². The van der Waals surface area contributed by atoms with E-state index in [1.165, 1.54) is 5.56 Å². The lowest BCUT2D eigenvalue weighted by Gasteiger charge is -2.38. The first-order valence-electron chi connectivity index (χ1n) is 10.7. The van der Waals surface area contributed by atoms with E-state index in [2.05, 4.69) is 68.5 Å². The molecule has 0 amide bonds. The molecule has 0 aliphatic carbocycles. The highest BCUT2D eigenvalue weighted by Crippen LogP contribution is 2.41.